The molecule has 0 aliphatic carbocycles. The standard InChI is InChI=1S/C29H33N3O4S/c1-16-30-24-26(37-16)23(17-9-11-19(36-8)12-10-17)31-32(27(24)35)15-22(33)18-13-20(28(2,3)4)25(34)21(14-18)29(5,6)7/h9-14,34H,15H2,1-8H3. The Labute approximate surface area is 220 Å². The predicted octanol–water partition coefficient (Wildman–Crippen LogP) is 6.02. The smallest absolute Gasteiger partial charge is 0.294 e. The van der Waals surface area contributed by atoms with Gasteiger partial charge in [-0.3, -0.25) is 9.59 Å². The fraction of sp³-hybridized carbons (Fsp3) is 0.379. The third kappa shape index (κ3) is 5.16. The number of carbonyl (C=O) groups is 1. The molecule has 2 aromatic carbocycles. The van der Waals surface area contributed by atoms with Crippen molar-refractivity contribution in [2.24, 2.45) is 0 Å². The molecule has 0 amide bonds. The van der Waals surface area contributed by atoms with Gasteiger partial charge in [0.05, 0.1) is 16.8 Å². The van der Waals surface area contributed by atoms with Gasteiger partial charge in [-0.25, -0.2) is 9.67 Å². The lowest BCUT2D eigenvalue weighted by molar-refractivity contribution is 0.0966. The van der Waals surface area contributed by atoms with Crippen LogP contribution in [0.5, 0.6) is 11.5 Å². The molecule has 4 aromatic rings. The van der Waals surface area contributed by atoms with Crippen LogP contribution in [0.4, 0.5) is 0 Å². The number of rotatable bonds is 5. The van der Waals surface area contributed by atoms with E-state index in [4.69, 9.17) is 4.74 Å². The number of hydrogen-bond donors (Lipinski definition) is 1. The largest absolute Gasteiger partial charge is 0.507 e. The lowest BCUT2D eigenvalue weighted by Crippen LogP contribution is -2.28. The van der Waals surface area contributed by atoms with Crippen LogP contribution >= 0.6 is 11.3 Å². The molecule has 0 atom stereocenters. The Kier molecular flexibility index (Phi) is 6.75. The van der Waals surface area contributed by atoms with Gasteiger partial charge in [-0.15, -0.1) is 11.3 Å². The number of benzene rings is 2. The first kappa shape index (κ1) is 26.5. The lowest BCUT2D eigenvalue weighted by Gasteiger charge is -2.28. The molecule has 0 bridgehead atoms. The Morgan fingerprint density at radius 1 is 1.03 bits per heavy atom. The predicted molar refractivity (Wildman–Crippen MR) is 148 cm³/mol. The van der Waals surface area contributed by atoms with E-state index in [9.17, 15) is 14.7 Å². The molecule has 0 saturated heterocycles. The van der Waals surface area contributed by atoms with Crippen molar-refractivity contribution in [1.29, 1.82) is 0 Å². The summed E-state index contributed by atoms with van der Waals surface area (Å²) >= 11 is 1.40. The number of thiazole rings is 1. The van der Waals surface area contributed by atoms with E-state index in [1.807, 2.05) is 72.7 Å². The highest BCUT2D eigenvalue weighted by molar-refractivity contribution is 7.19. The second-order valence-corrected chi connectivity index (χ2v) is 12.5. The number of fused-ring (bicyclic) bond motifs is 1. The van der Waals surface area contributed by atoms with Crippen LogP contribution in [0.3, 0.4) is 0 Å². The number of aromatic hydroxyl groups is 1. The highest BCUT2D eigenvalue weighted by atomic mass is 32.1. The molecule has 0 aliphatic rings. The van der Waals surface area contributed by atoms with E-state index in [1.165, 1.54) is 16.0 Å². The second kappa shape index (κ2) is 9.41. The number of ketones is 1. The van der Waals surface area contributed by atoms with E-state index in [-0.39, 0.29) is 28.9 Å². The number of nitrogens with zero attached hydrogens (tertiary/aromatic N) is 3. The van der Waals surface area contributed by atoms with Crippen LogP contribution in [0.15, 0.2) is 41.2 Å². The summed E-state index contributed by atoms with van der Waals surface area (Å²) in [6, 6.07) is 10.9. The van der Waals surface area contributed by atoms with Crippen molar-refractivity contribution in [3.05, 3.63) is 68.4 Å². The Morgan fingerprint density at radius 2 is 1.59 bits per heavy atom. The number of methoxy groups -OCH3 is 1. The zero-order valence-corrected chi connectivity index (χ0v) is 23.4. The zero-order chi connectivity index (χ0) is 27.3. The van der Waals surface area contributed by atoms with Crippen molar-refractivity contribution in [3.8, 4) is 22.8 Å². The summed E-state index contributed by atoms with van der Waals surface area (Å²) in [6.07, 6.45) is 0. The average Bonchev–Trinajstić information content (AvgIpc) is 3.21. The van der Waals surface area contributed by atoms with Gasteiger partial charge in [-0.2, -0.15) is 5.10 Å². The molecule has 194 valence electrons. The molecule has 0 aliphatic heterocycles. The van der Waals surface area contributed by atoms with Gasteiger partial charge < -0.3 is 9.84 Å². The van der Waals surface area contributed by atoms with Crippen LogP contribution in [-0.4, -0.2) is 32.8 Å². The normalized spacial score (nSPS) is 12.2. The first-order valence-electron chi connectivity index (χ1n) is 12.1. The molecule has 1 N–H and O–H groups in total. The molecule has 37 heavy (non-hydrogen) atoms. The van der Waals surface area contributed by atoms with Crippen LogP contribution < -0.4 is 10.3 Å². The summed E-state index contributed by atoms with van der Waals surface area (Å²) in [5.74, 6) is 0.645. The van der Waals surface area contributed by atoms with Crippen molar-refractivity contribution in [2.45, 2.75) is 65.8 Å². The third-order valence-electron chi connectivity index (χ3n) is 6.31. The number of Topliss-reactive ketones (excluding diaryl/α,β-unsaturated/α-hetero) is 1. The van der Waals surface area contributed by atoms with Gasteiger partial charge in [-0.05, 0) is 54.2 Å². The van der Waals surface area contributed by atoms with E-state index in [0.29, 0.717) is 38.4 Å². The summed E-state index contributed by atoms with van der Waals surface area (Å²) in [4.78, 5) is 31.4. The van der Waals surface area contributed by atoms with E-state index < -0.39 is 5.56 Å². The molecule has 2 aromatic heterocycles. The Morgan fingerprint density at radius 3 is 2.11 bits per heavy atom. The molecule has 0 spiro atoms. The van der Waals surface area contributed by atoms with Gasteiger partial charge in [0.25, 0.3) is 5.56 Å². The van der Waals surface area contributed by atoms with Gasteiger partial charge in [0.1, 0.15) is 23.7 Å². The maximum atomic E-state index is 13.6. The summed E-state index contributed by atoms with van der Waals surface area (Å²) in [5, 5.41) is 16.4. The summed E-state index contributed by atoms with van der Waals surface area (Å²) < 4.78 is 7.15. The van der Waals surface area contributed by atoms with Crippen LogP contribution in [0, 0.1) is 6.92 Å². The second-order valence-electron chi connectivity index (χ2n) is 11.3. The Hall–Kier alpha value is -3.52. The lowest BCUT2D eigenvalue weighted by atomic mass is 9.78. The number of aromatic nitrogens is 3. The number of hydrogen-bond acceptors (Lipinski definition) is 7. The summed E-state index contributed by atoms with van der Waals surface area (Å²) in [7, 11) is 1.60. The number of phenols is 1. The molecule has 7 nitrogen and oxygen atoms in total. The fourth-order valence-electron chi connectivity index (χ4n) is 4.28. The maximum Gasteiger partial charge on any atom is 0.294 e. The molecule has 0 radical (unpaired) electrons. The molecule has 0 unspecified atom stereocenters. The molecule has 2 heterocycles. The summed E-state index contributed by atoms with van der Waals surface area (Å²) in [6.45, 7) is 13.6. The molecular weight excluding hydrogens is 486 g/mol. The highest BCUT2D eigenvalue weighted by Gasteiger charge is 2.28. The fourth-order valence-corrected chi connectivity index (χ4v) is 5.19. The Bertz CT molecular complexity index is 1520. The van der Waals surface area contributed by atoms with Crippen LogP contribution in [0.25, 0.3) is 21.5 Å². The van der Waals surface area contributed by atoms with Crippen LogP contribution in [-0.2, 0) is 17.4 Å². The minimum atomic E-state index is -0.407. The first-order valence-corrected chi connectivity index (χ1v) is 13.0. The van der Waals surface area contributed by atoms with Crippen molar-refractivity contribution >= 4 is 27.3 Å². The van der Waals surface area contributed by atoms with E-state index in [0.717, 1.165) is 10.6 Å². The highest BCUT2D eigenvalue weighted by Crippen LogP contribution is 2.40. The van der Waals surface area contributed by atoms with Crippen LogP contribution in [0.2, 0.25) is 0 Å². The molecule has 4 rings (SSSR count). The first-order chi connectivity index (χ1) is 17.2. The minimum absolute atomic E-state index is 0.202. The SMILES string of the molecule is COc1ccc(-c2nn(CC(=O)c3cc(C(C)(C)C)c(O)c(C(C)(C)C)c3)c(=O)c3nc(C)sc23)cc1. The van der Waals surface area contributed by atoms with E-state index in [2.05, 4.69) is 10.1 Å². The van der Waals surface area contributed by atoms with Crippen LogP contribution in [0.1, 0.15) is 68.0 Å². The third-order valence-corrected chi connectivity index (χ3v) is 7.29. The van der Waals surface area contributed by atoms with Gasteiger partial charge in [0, 0.05) is 22.3 Å². The van der Waals surface area contributed by atoms with Gasteiger partial charge in [0.15, 0.2) is 11.3 Å². The van der Waals surface area contributed by atoms with Crippen molar-refractivity contribution in [2.75, 3.05) is 7.11 Å². The zero-order valence-electron chi connectivity index (χ0n) is 22.6. The quantitative estimate of drug-likeness (QED) is 0.324. The molecule has 8 heteroatoms. The van der Waals surface area contributed by atoms with Crippen molar-refractivity contribution < 1.29 is 14.6 Å². The topological polar surface area (TPSA) is 94.3 Å². The minimum Gasteiger partial charge on any atom is -0.507 e. The Balaban J connectivity index is 1.84. The molecular formula is C29H33N3O4S. The molecule has 0 saturated carbocycles. The molecule has 0 fully saturated rings. The van der Waals surface area contributed by atoms with Gasteiger partial charge >= 0.3 is 0 Å². The number of phenolic OH excluding ortho intramolecular Hbond substituents is 1. The van der Waals surface area contributed by atoms with Crippen molar-refractivity contribution in [3.63, 3.8) is 0 Å². The monoisotopic (exact) mass is 519 g/mol. The van der Waals surface area contributed by atoms with E-state index in [1.54, 1.807) is 19.2 Å². The maximum absolute atomic E-state index is 13.6. The number of ether oxygens (including phenoxy) is 1. The summed E-state index contributed by atoms with van der Waals surface area (Å²) in [5.41, 5.74) is 2.33. The number of aryl methyl sites for hydroxylation is 1. The van der Waals surface area contributed by atoms with E-state index >= 15 is 0 Å². The van der Waals surface area contributed by atoms with Crippen molar-refractivity contribution in [1.82, 2.24) is 14.8 Å². The van der Waals surface area contributed by atoms with Gasteiger partial charge in [-0.1, -0.05) is 41.5 Å². The average molecular weight is 520 g/mol. The number of carbonyl (C=O) groups excluding carboxylic acids is 1. The van der Waals surface area contributed by atoms with Gasteiger partial charge in [0.2, 0.25) is 0 Å².